The largest absolute Gasteiger partial charge is 0.413 e. The Morgan fingerprint density at radius 2 is 1.75 bits per heavy atom. The zero-order chi connectivity index (χ0) is 9.83. The van der Waals surface area contributed by atoms with Crippen molar-refractivity contribution in [3.8, 4) is 0 Å². The van der Waals surface area contributed by atoms with E-state index in [1.54, 1.807) is 0 Å². The van der Waals surface area contributed by atoms with E-state index in [9.17, 15) is 0 Å². The molecule has 0 unspecified atom stereocenters. The van der Waals surface area contributed by atoms with Crippen molar-refractivity contribution in [3.63, 3.8) is 0 Å². The Hall–Kier alpha value is -0.0831. The standard InChI is InChI=1S/C10H22OSi/c1-7-8-9-11-12(5,6)10(2,3)4/h7-8H,9H2,1-6H3. The average Bonchev–Trinajstić information content (AvgIpc) is 1.85. The summed E-state index contributed by atoms with van der Waals surface area (Å²) >= 11 is 0. The predicted molar refractivity (Wildman–Crippen MR) is 58.0 cm³/mol. The molecule has 72 valence electrons. The first-order chi connectivity index (χ1) is 5.31. The minimum Gasteiger partial charge on any atom is -0.413 e. The average molecular weight is 186 g/mol. The molecule has 0 bridgehead atoms. The molecule has 0 aromatic rings. The third-order valence-corrected chi connectivity index (χ3v) is 7.08. The Kier molecular flexibility index (Phi) is 4.21. The van der Waals surface area contributed by atoms with Crippen molar-refractivity contribution >= 4 is 8.32 Å². The summed E-state index contributed by atoms with van der Waals surface area (Å²) in [5.74, 6) is 0. The topological polar surface area (TPSA) is 9.23 Å². The highest BCUT2D eigenvalue weighted by Crippen LogP contribution is 2.36. The van der Waals surface area contributed by atoms with Crippen LogP contribution in [-0.4, -0.2) is 14.9 Å². The van der Waals surface area contributed by atoms with Crippen molar-refractivity contribution in [1.82, 2.24) is 0 Å². The summed E-state index contributed by atoms with van der Waals surface area (Å²) in [6.45, 7) is 14.1. The highest BCUT2D eigenvalue weighted by atomic mass is 28.4. The Labute approximate surface area is 78.0 Å². The van der Waals surface area contributed by atoms with Crippen LogP contribution in [0.25, 0.3) is 0 Å². The van der Waals surface area contributed by atoms with Crippen LogP contribution in [0.2, 0.25) is 18.1 Å². The molecule has 0 heterocycles. The number of rotatable bonds is 3. The molecule has 0 spiro atoms. The maximum Gasteiger partial charge on any atom is 0.192 e. The van der Waals surface area contributed by atoms with Gasteiger partial charge in [0.05, 0.1) is 6.61 Å². The summed E-state index contributed by atoms with van der Waals surface area (Å²) in [5, 5.41) is 0.328. The first-order valence-electron chi connectivity index (χ1n) is 4.56. The molecule has 0 aromatic carbocycles. The number of hydrogen-bond acceptors (Lipinski definition) is 1. The van der Waals surface area contributed by atoms with Gasteiger partial charge in [-0.3, -0.25) is 0 Å². The first kappa shape index (κ1) is 11.9. The zero-order valence-corrected chi connectivity index (χ0v) is 10.3. The van der Waals surface area contributed by atoms with Gasteiger partial charge in [-0.25, -0.2) is 0 Å². The summed E-state index contributed by atoms with van der Waals surface area (Å²) < 4.78 is 5.89. The van der Waals surface area contributed by atoms with Gasteiger partial charge in [-0.15, -0.1) is 0 Å². The lowest BCUT2D eigenvalue weighted by atomic mass is 10.2. The predicted octanol–water partition coefficient (Wildman–Crippen LogP) is 3.58. The van der Waals surface area contributed by atoms with Crippen LogP contribution >= 0.6 is 0 Å². The van der Waals surface area contributed by atoms with Crippen LogP contribution in [0.3, 0.4) is 0 Å². The fourth-order valence-corrected chi connectivity index (χ4v) is 1.52. The molecular weight excluding hydrogens is 164 g/mol. The molecule has 0 aromatic heterocycles. The van der Waals surface area contributed by atoms with E-state index in [2.05, 4.69) is 39.9 Å². The molecule has 0 rings (SSSR count). The second kappa shape index (κ2) is 4.24. The van der Waals surface area contributed by atoms with Gasteiger partial charge >= 0.3 is 0 Å². The monoisotopic (exact) mass is 186 g/mol. The summed E-state index contributed by atoms with van der Waals surface area (Å²) in [6, 6.07) is 0. The molecule has 12 heavy (non-hydrogen) atoms. The smallest absolute Gasteiger partial charge is 0.192 e. The molecule has 0 saturated carbocycles. The number of allylic oxidation sites excluding steroid dienone is 1. The molecule has 0 amide bonds. The third kappa shape index (κ3) is 3.54. The molecule has 1 nitrogen and oxygen atoms in total. The highest BCUT2D eigenvalue weighted by Gasteiger charge is 2.36. The first-order valence-corrected chi connectivity index (χ1v) is 7.47. The third-order valence-electron chi connectivity index (χ3n) is 2.58. The number of hydrogen-bond donors (Lipinski definition) is 0. The quantitative estimate of drug-likeness (QED) is 0.483. The second-order valence-electron chi connectivity index (χ2n) is 4.64. The van der Waals surface area contributed by atoms with Crippen LogP contribution in [0.15, 0.2) is 12.2 Å². The Morgan fingerprint density at radius 1 is 1.25 bits per heavy atom. The van der Waals surface area contributed by atoms with Crippen molar-refractivity contribution < 1.29 is 4.43 Å². The second-order valence-corrected chi connectivity index (χ2v) is 9.45. The zero-order valence-electron chi connectivity index (χ0n) is 9.27. The Morgan fingerprint density at radius 3 is 2.08 bits per heavy atom. The van der Waals surface area contributed by atoms with Gasteiger partial charge in [0, 0.05) is 0 Å². The molecule has 0 radical (unpaired) electrons. The van der Waals surface area contributed by atoms with Crippen LogP contribution < -0.4 is 0 Å². The van der Waals surface area contributed by atoms with Gasteiger partial charge < -0.3 is 4.43 Å². The maximum absolute atomic E-state index is 5.89. The molecule has 0 N–H and O–H groups in total. The van der Waals surface area contributed by atoms with E-state index in [1.165, 1.54) is 0 Å². The molecule has 0 saturated heterocycles. The van der Waals surface area contributed by atoms with Crippen molar-refractivity contribution in [1.29, 1.82) is 0 Å². The van der Waals surface area contributed by atoms with Gasteiger partial charge in [0.2, 0.25) is 0 Å². The lowest BCUT2D eigenvalue weighted by Crippen LogP contribution is -2.40. The van der Waals surface area contributed by atoms with E-state index in [4.69, 9.17) is 4.43 Å². The summed E-state index contributed by atoms with van der Waals surface area (Å²) in [6.07, 6.45) is 4.10. The van der Waals surface area contributed by atoms with Crippen molar-refractivity contribution in [2.75, 3.05) is 6.61 Å². The van der Waals surface area contributed by atoms with E-state index >= 15 is 0 Å². The maximum atomic E-state index is 5.89. The van der Waals surface area contributed by atoms with Gasteiger partial charge in [-0.2, -0.15) is 0 Å². The van der Waals surface area contributed by atoms with Crippen LogP contribution in [-0.2, 0) is 4.43 Å². The fourth-order valence-electron chi connectivity index (χ4n) is 0.569. The summed E-state index contributed by atoms with van der Waals surface area (Å²) in [5.41, 5.74) is 0. The van der Waals surface area contributed by atoms with E-state index in [-0.39, 0.29) is 0 Å². The highest BCUT2D eigenvalue weighted by molar-refractivity contribution is 6.74. The lowest BCUT2D eigenvalue weighted by molar-refractivity contribution is 0.328. The van der Waals surface area contributed by atoms with E-state index in [0.29, 0.717) is 5.04 Å². The molecule has 0 fully saturated rings. The summed E-state index contributed by atoms with van der Waals surface area (Å²) in [4.78, 5) is 0. The van der Waals surface area contributed by atoms with Gasteiger partial charge in [0.25, 0.3) is 0 Å². The minimum absolute atomic E-state index is 0.328. The van der Waals surface area contributed by atoms with E-state index < -0.39 is 8.32 Å². The van der Waals surface area contributed by atoms with Crippen molar-refractivity contribution in [3.05, 3.63) is 12.2 Å². The van der Waals surface area contributed by atoms with E-state index in [1.807, 2.05) is 13.0 Å². The van der Waals surface area contributed by atoms with Crippen LogP contribution in [0, 0.1) is 0 Å². The molecule has 0 atom stereocenters. The van der Waals surface area contributed by atoms with Crippen molar-refractivity contribution in [2.45, 2.75) is 45.8 Å². The van der Waals surface area contributed by atoms with Gasteiger partial charge in [-0.1, -0.05) is 32.9 Å². The molecule has 2 heteroatoms. The molecule has 0 aliphatic rings. The van der Waals surface area contributed by atoms with Crippen LogP contribution in [0.4, 0.5) is 0 Å². The normalized spacial score (nSPS) is 14.2. The fraction of sp³-hybridized carbons (Fsp3) is 0.800. The lowest BCUT2D eigenvalue weighted by Gasteiger charge is -2.35. The molecule has 0 aliphatic carbocycles. The summed E-state index contributed by atoms with van der Waals surface area (Å²) in [7, 11) is -1.49. The van der Waals surface area contributed by atoms with Crippen LogP contribution in [0.5, 0.6) is 0 Å². The van der Waals surface area contributed by atoms with Gasteiger partial charge in [-0.05, 0) is 25.1 Å². The van der Waals surface area contributed by atoms with E-state index in [0.717, 1.165) is 6.61 Å². The molecule has 0 aliphatic heterocycles. The van der Waals surface area contributed by atoms with Gasteiger partial charge in [0.1, 0.15) is 0 Å². The SMILES string of the molecule is CC=CCO[Si](C)(C)C(C)(C)C. The van der Waals surface area contributed by atoms with Crippen LogP contribution in [0.1, 0.15) is 27.7 Å². The molecular formula is C10H22OSi. The van der Waals surface area contributed by atoms with Gasteiger partial charge in [0.15, 0.2) is 8.32 Å². The Bertz CT molecular complexity index is 154. The minimum atomic E-state index is -1.49. The Balaban J connectivity index is 4.05. The van der Waals surface area contributed by atoms with Crippen molar-refractivity contribution in [2.24, 2.45) is 0 Å².